The van der Waals surface area contributed by atoms with Gasteiger partial charge in [0, 0.05) is 12.1 Å². The number of hydrogen-bond acceptors (Lipinski definition) is 3. The first kappa shape index (κ1) is 17.8. The number of nitriles is 1. The second-order valence-corrected chi connectivity index (χ2v) is 6.68. The highest BCUT2D eigenvalue weighted by molar-refractivity contribution is 6.12. The molecule has 0 saturated carbocycles. The summed E-state index contributed by atoms with van der Waals surface area (Å²) in [7, 11) is 0. The second kappa shape index (κ2) is 8.37. The summed E-state index contributed by atoms with van der Waals surface area (Å²) >= 11 is 0. The molecular weight excluding hydrogens is 344 g/mol. The molecule has 0 atom stereocenters. The first-order chi connectivity index (χ1) is 13.8. The molecule has 0 spiro atoms. The van der Waals surface area contributed by atoms with Gasteiger partial charge in [-0.25, -0.2) is 0 Å². The summed E-state index contributed by atoms with van der Waals surface area (Å²) in [6, 6.07) is 26.1. The number of allylic oxidation sites excluding steroid dienone is 1. The molecule has 0 aliphatic carbocycles. The lowest BCUT2D eigenvalue weighted by molar-refractivity contribution is 0.306. The van der Waals surface area contributed by atoms with Gasteiger partial charge in [-0.05, 0) is 59.5 Å². The molecule has 0 bridgehead atoms. The Morgan fingerprint density at radius 1 is 0.964 bits per heavy atom. The van der Waals surface area contributed by atoms with Crippen LogP contribution < -0.4 is 4.74 Å². The predicted molar refractivity (Wildman–Crippen MR) is 113 cm³/mol. The molecule has 28 heavy (non-hydrogen) atoms. The Balaban J connectivity index is 1.48. The fraction of sp³-hybridized carbons (Fsp3) is 0.120. The third-order valence-electron chi connectivity index (χ3n) is 4.74. The van der Waals surface area contributed by atoms with E-state index in [4.69, 9.17) is 10.00 Å². The molecule has 3 aromatic rings. The minimum absolute atomic E-state index is 0.569. The summed E-state index contributed by atoms with van der Waals surface area (Å²) in [5.41, 5.74) is 6.29. The van der Waals surface area contributed by atoms with Gasteiger partial charge in [0.2, 0.25) is 0 Å². The maximum Gasteiger partial charge on any atom is 0.120 e. The maximum atomic E-state index is 8.90. The van der Waals surface area contributed by atoms with Crippen molar-refractivity contribution in [1.29, 1.82) is 5.26 Å². The summed E-state index contributed by atoms with van der Waals surface area (Å²) in [6.07, 6.45) is 5.00. The van der Waals surface area contributed by atoms with E-state index in [0.29, 0.717) is 12.2 Å². The first-order valence-electron chi connectivity index (χ1n) is 9.34. The molecule has 1 aliphatic heterocycles. The van der Waals surface area contributed by atoms with Gasteiger partial charge in [-0.3, -0.25) is 4.99 Å². The van der Waals surface area contributed by atoms with Crippen LogP contribution in [0.25, 0.3) is 6.08 Å². The molecule has 0 saturated heterocycles. The van der Waals surface area contributed by atoms with Crippen molar-refractivity contribution < 1.29 is 4.74 Å². The van der Waals surface area contributed by atoms with Crippen LogP contribution in [-0.4, -0.2) is 12.3 Å². The smallest absolute Gasteiger partial charge is 0.120 e. The number of rotatable bonds is 5. The standard InChI is InChI=1S/C25H20N2O/c26-17-20-8-6-19(7-9-20)10-13-25-24-12-11-23(16-22(24)14-15-27-25)28-18-21-4-2-1-3-5-21/h1-13,16H,14-15,18H2/b13-10+. The van der Waals surface area contributed by atoms with Gasteiger partial charge in [0.05, 0.1) is 17.3 Å². The van der Waals surface area contributed by atoms with E-state index >= 15 is 0 Å². The van der Waals surface area contributed by atoms with Crippen LogP contribution in [-0.2, 0) is 13.0 Å². The van der Waals surface area contributed by atoms with Crippen LogP contribution >= 0.6 is 0 Å². The molecule has 0 aromatic heterocycles. The molecule has 0 amide bonds. The molecular formula is C25H20N2O. The average Bonchev–Trinajstić information content (AvgIpc) is 2.77. The number of fused-ring (bicyclic) bond motifs is 1. The second-order valence-electron chi connectivity index (χ2n) is 6.68. The van der Waals surface area contributed by atoms with Crippen molar-refractivity contribution in [2.24, 2.45) is 4.99 Å². The molecule has 1 aliphatic rings. The lowest BCUT2D eigenvalue weighted by Gasteiger charge is -2.16. The normalized spacial score (nSPS) is 12.9. The Morgan fingerprint density at radius 2 is 1.79 bits per heavy atom. The number of benzene rings is 3. The van der Waals surface area contributed by atoms with E-state index in [1.165, 1.54) is 5.56 Å². The highest BCUT2D eigenvalue weighted by Crippen LogP contribution is 2.24. The van der Waals surface area contributed by atoms with Gasteiger partial charge in [-0.2, -0.15) is 5.26 Å². The van der Waals surface area contributed by atoms with Gasteiger partial charge in [0.15, 0.2) is 0 Å². The highest BCUT2D eigenvalue weighted by atomic mass is 16.5. The minimum atomic E-state index is 0.569. The number of aliphatic imine (C=N–C) groups is 1. The lowest BCUT2D eigenvalue weighted by Crippen LogP contribution is -2.11. The van der Waals surface area contributed by atoms with E-state index in [1.54, 1.807) is 0 Å². The molecule has 3 nitrogen and oxygen atoms in total. The van der Waals surface area contributed by atoms with Crippen molar-refractivity contribution >= 4 is 11.8 Å². The van der Waals surface area contributed by atoms with Gasteiger partial charge >= 0.3 is 0 Å². The van der Waals surface area contributed by atoms with Crippen molar-refractivity contribution in [1.82, 2.24) is 0 Å². The Labute approximate surface area is 165 Å². The van der Waals surface area contributed by atoms with Gasteiger partial charge in [0.1, 0.15) is 12.4 Å². The Hall–Kier alpha value is -3.64. The van der Waals surface area contributed by atoms with Gasteiger partial charge < -0.3 is 4.74 Å². The summed E-state index contributed by atoms with van der Waals surface area (Å²) in [4.78, 5) is 4.68. The molecule has 1 heterocycles. The van der Waals surface area contributed by atoms with Crippen molar-refractivity contribution in [2.75, 3.05) is 6.54 Å². The largest absolute Gasteiger partial charge is 0.489 e. The molecule has 136 valence electrons. The predicted octanol–water partition coefficient (Wildman–Crippen LogP) is 5.20. The number of hydrogen-bond donors (Lipinski definition) is 0. The zero-order chi connectivity index (χ0) is 19.2. The van der Waals surface area contributed by atoms with Crippen LogP contribution in [0.1, 0.15) is 27.8 Å². The van der Waals surface area contributed by atoms with Crippen molar-refractivity contribution in [3.8, 4) is 11.8 Å². The van der Waals surface area contributed by atoms with Crippen LogP contribution in [0, 0.1) is 11.3 Å². The first-order valence-corrected chi connectivity index (χ1v) is 9.34. The van der Waals surface area contributed by atoms with Gasteiger partial charge in [0.25, 0.3) is 0 Å². The van der Waals surface area contributed by atoms with Crippen LogP contribution in [0.4, 0.5) is 0 Å². The Bertz CT molecular complexity index is 1060. The average molecular weight is 364 g/mol. The minimum Gasteiger partial charge on any atom is -0.489 e. The molecule has 0 N–H and O–H groups in total. The van der Waals surface area contributed by atoms with E-state index in [0.717, 1.165) is 41.1 Å². The third kappa shape index (κ3) is 4.19. The van der Waals surface area contributed by atoms with Crippen LogP contribution in [0.15, 0.2) is 83.9 Å². The zero-order valence-corrected chi connectivity index (χ0v) is 15.5. The molecule has 0 radical (unpaired) electrons. The molecule has 0 unspecified atom stereocenters. The topological polar surface area (TPSA) is 45.4 Å². The molecule has 3 aromatic carbocycles. The quantitative estimate of drug-likeness (QED) is 0.625. The van der Waals surface area contributed by atoms with E-state index in [1.807, 2.05) is 60.7 Å². The van der Waals surface area contributed by atoms with Crippen molar-refractivity contribution in [3.05, 3.63) is 107 Å². The zero-order valence-electron chi connectivity index (χ0n) is 15.5. The van der Waals surface area contributed by atoms with Gasteiger partial charge in [-0.1, -0.05) is 48.5 Å². The fourth-order valence-electron chi connectivity index (χ4n) is 3.23. The molecule has 3 heteroatoms. The van der Waals surface area contributed by atoms with Crippen molar-refractivity contribution in [3.63, 3.8) is 0 Å². The van der Waals surface area contributed by atoms with Crippen LogP contribution in [0.2, 0.25) is 0 Å². The van der Waals surface area contributed by atoms with Crippen LogP contribution in [0.5, 0.6) is 5.75 Å². The lowest BCUT2D eigenvalue weighted by atomic mass is 9.96. The fourth-order valence-corrected chi connectivity index (χ4v) is 3.23. The summed E-state index contributed by atoms with van der Waals surface area (Å²) in [6.45, 7) is 1.35. The van der Waals surface area contributed by atoms with E-state index < -0.39 is 0 Å². The molecule has 4 rings (SSSR count). The van der Waals surface area contributed by atoms with Crippen molar-refractivity contribution in [2.45, 2.75) is 13.0 Å². The maximum absolute atomic E-state index is 8.90. The number of nitrogens with zero attached hydrogens (tertiary/aromatic N) is 2. The molecule has 0 fully saturated rings. The summed E-state index contributed by atoms with van der Waals surface area (Å²) < 4.78 is 5.96. The van der Waals surface area contributed by atoms with Gasteiger partial charge in [-0.15, -0.1) is 0 Å². The monoisotopic (exact) mass is 364 g/mol. The van der Waals surface area contributed by atoms with E-state index in [-0.39, 0.29) is 0 Å². The number of ether oxygens (including phenoxy) is 1. The third-order valence-corrected chi connectivity index (χ3v) is 4.74. The van der Waals surface area contributed by atoms with E-state index in [2.05, 4.69) is 35.3 Å². The Kier molecular flexibility index (Phi) is 5.31. The summed E-state index contributed by atoms with van der Waals surface area (Å²) in [5, 5.41) is 8.90. The SMILES string of the molecule is N#Cc1ccc(/C=C/C2=NCCc3cc(OCc4ccccc4)ccc32)cc1. The van der Waals surface area contributed by atoms with Crippen LogP contribution in [0.3, 0.4) is 0 Å². The Morgan fingerprint density at radius 3 is 2.57 bits per heavy atom. The highest BCUT2D eigenvalue weighted by Gasteiger charge is 2.13. The summed E-state index contributed by atoms with van der Waals surface area (Å²) in [5.74, 6) is 0.889. The van der Waals surface area contributed by atoms with E-state index in [9.17, 15) is 0 Å².